The Hall–Kier alpha value is -2.14. The van der Waals surface area contributed by atoms with Crippen LogP contribution >= 0.6 is 11.3 Å². The summed E-state index contributed by atoms with van der Waals surface area (Å²) < 4.78 is 0. The van der Waals surface area contributed by atoms with Crippen molar-refractivity contribution in [2.24, 2.45) is 5.92 Å². The fourth-order valence-corrected chi connectivity index (χ4v) is 3.09. The van der Waals surface area contributed by atoms with Gasteiger partial charge in [0.05, 0.1) is 5.92 Å². The van der Waals surface area contributed by atoms with Crippen LogP contribution in [0.5, 0.6) is 0 Å². The molecule has 2 aromatic rings. The van der Waals surface area contributed by atoms with Crippen LogP contribution in [0.25, 0.3) is 0 Å². The molecule has 0 fully saturated rings. The Bertz CT molecular complexity index is 652. The van der Waals surface area contributed by atoms with Crippen LogP contribution in [0.4, 0.5) is 0 Å². The first kappa shape index (κ1) is 17.2. The van der Waals surface area contributed by atoms with Gasteiger partial charge in [-0.1, -0.05) is 29.8 Å². The van der Waals surface area contributed by atoms with E-state index in [1.165, 1.54) is 0 Å². The number of aryl methyl sites for hydroxylation is 2. The van der Waals surface area contributed by atoms with Gasteiger partial charge in [-0.25, -0.2) is 0 Å². The van der Waals surface area contributed by atoms with E-state index in [9.17, 15) is 14.7 Å². The largest absolute Gasteiger partial charge is 0.481 e. The highest BCUT2D eigenvalue weighted by Crippen LogP contribution is 2.11. The molecule has 1 heterocycles. The average Bonchev–Trinajstić information content (AvgIpc) is 3.02. The van der Waals surface area contributed by atoms with Crippen molar-refractivity contribution in [3.05, 3.63) is 57.8 Å². The number of carbonyl (C=O) groups excluding carboxylic acids is 1. The van der Waals surface area contributed by atoms with Gasteiger partial charge < -0.3 is 10.4 Å². The number of carboxylic acids is 1. The number of amides is 1. The van der Waals surface area contributed by atoms with Crippen molar-refractivity contribution in [2.75, 3.05) is 6.54 Å². The molecule has 1 atom stereocenters. The first-order valence-corrected chi connectivity index (χ1v) is 8.55. The maximum absolute atomic E-state index is 11.9. The Morgan fingerprint density at radius 1 is 1.26 bits per heavy atom. The molecule has 4 nitrogen and oxygen atoms in total. The van der Waals surface area contributed by atoms with Gasteiger partial charge in [-0.3, -0.25) is 9.59 Å². The Labute approximate surface area is 140 Å². The quantitative estimate of drug-likeness (QED) is 0.781. The zero-order valence-electron chi connectivity index (χ0n) is 13.1. The highest BCUT2D eigenvalue weighted by molar-refractivity contribution is 7.07. The monoisotopic (exact) mass is 331 g/mol. The third kappa shape index (κ3) is 5.87. The van der Waals surface area contributed by atoms with E-state index >= 15 is 0 Å². The fraction of sp³-hybridized carbons (Fsp3) is 0.333. The number of hydrogen-bond acceptors (Lipinski definition) is 3. The highest BCUT2D eigenvalue weighted by atomic mass is 32.1. The molecular formula is C18H21NO3S. The zero-order chi connectivity index (χ0) is 16.7. The summed E-state index contributed by atoms with van der Waals surface area (Å²) >= 11 is 1.61. The fourth-order valence-electron chi connectivity index (χ4n) is 2.39. The third-order valence-electron chi connectivity index (χ3n) is 3.68. The Balaban J connectivity index is 1.82. The molecule has 0 aliphatic rings. The molecule has 0 saturated carbocycles. The van der Waals surface area contributed by atoms with Crippen molar-refractivity contribution < 1.29 is 14.7 Å². The molecule has 1 unspecified atom stereocenters. The lowest BCUT2D eigenvalue weighted by atomic mass is 9.98. The SMILES string of the molecule is Cc1cccc(CC(CNC(=O)CCc2ccsc2)C(=O)O)c1. The van der Waals surface area contributed by atoms with Crippen LogP contribution in [-0.4, -0.2) is 23.5 Å². The minimum atomic E-state index is -0.885. The predicted molar refractivity (Wildman–Crippen MR) is 91.7 cm³/mol. The summed E-state index contributed by atoms with van der Waals surface area (Å²) in [4.78, 5) is 23.3. The summed E-state index contributed by atoms with van der Waals surface area (Å²) in [6.45, 7) is 2.14. The molecule has 2 N–H and O–H groups in total. The van der Waals surface area contributed by atoms with Gasteiger partial charge in [0.15, 0.2) is 0 Å². The minimum absolute atomic E-state index is 0.105. The van der Waals surface area contributed by atoms with Crippen molar-refractivity contribution >= 4 is 23.2 Å². The van der Waals surface area contributed by atoms with E-state index in [1.807, 2.05) is 48.0 Å². The van der Waals surface area contributed by atoms with E-state index in [1.54, 1.807) is 11.3 Å². The van der Waals surface area contributed by atoms with Gasteiger partial charge in [-0.2, -0.15) is 11.3 Å². The topological polar surface area (TPSA) is 66.4 Å². The molecule has 1 aromatic carbocycles. The van der Waals surface area contributed by atoms with Crippen molar-refractivity contribution in [3.8, 4) is 0 Å². The summed E-state index contributed by atoms with van der Waals surface area (Å²) in [6, 6.07) is 9.79. The van der Waals surface area contributed by atoms with Crippen LogP contribution in [0.3, 0.4) is 0 Å². The molecule has 5 heteroatoms. The molecule has 1 amide bonds. The molecule has 0 spiro atoms. The average molecular weight is 331 g/mol. The normalized spacial score (nSPS) is 11.9. The summed E-state index contributed by atoms with van der Waals surface area (Å²) in [5.74, 6) is -1.60. The van der Waals surface area contributed by atoms with Crippen LogP contribution in [0.1, 0.15) is 23.1 Å². The molecule has 0 saturated heterocycles. The molecule has 23 heavy (non-hydrogen) atoms. The molecule has 0 aliphatic heterocycles. The van der Waals surface area contributed by atoms with E-state index in [-0.39, 0.29) is 12.5 Å². The molecule has 1 aromatic heterocycles. The standard InChI is InChI=1S/C18H21NO3S/c1-13-3-2-4-15(9-13)10-16(18(21)22)11-19-17(20)6-5-14-7-8-23-12-14/h2-4,7-9,12,16H,5-6,10-11H2,1H3,(H,19,20)(H,21,22). The van der Waals surface area contributed by atoms with E-state index < -0.39 is 11.9 Å². The lowest BCUT2D eigenvalue weighted by Crippen LogP contribution is -2.34. The molecule has 122 valence electrons. The van der Waals surface area contributed by atoms with Crippen LogP contribution in [0.2, 0.25) is 0 Å². The molecule has 0 radical (unpaired) electrons. The van der Waals surface area contributed by atoms with Gasteiger partial charge in [-0.05, 0) is 47.7 Å². The lowest BCUT2D eigenvalue weighted by molar-refractivity contribution is -0.141. The van der Waals surface area contributed by atoms with Gasteiger partial charge in [0.25, 0.3) is 0 Å². The smallest absolute Gasteiger partial charge is 0.308 e. The van der Waals surface area contributed by atoms with Crippen LogP contribution < -0.4 is 5.32 Å². The van der Waals surface area contributed by atoms with Crippen molar-refractivity contribution in [2.45, 2.75) is 26.2 Å². The third-order valence-corrected chi connectivity index (χ3v) is 4.41. The van der Waals surface area contributed by atoms with Gasteiger partial charge in [0, 0.05) is 13.0 Å². The predicted octanol–water partition coefficient (Wildman–Crippen LogP) is 3.05. The van der Waals surface area contributed by atoms with Gasteiger partial charge in [-0.15, -0.1) is 0 Å². The van der Waals surface area contributed by atoms with Crippen LogP contribution in [0, 0.1) is 12.8 Å². The Kier molecular flexibility index (Phi) is 6.35. The number of aliphatic carboxylic acids is 1. The number of rotatable bonds is 8. The Morgan fingerprint density at radius 3 is 2.74 bits per heavy atom. The van der Waals surface area contributed by atoms with E-state index in [0.717, 1.165) is 16.7 Å². The Morgan fingerprint density at radius 2 is 2.09 bits per heavy atom. The first-order valence-electron chi connectivity index (χ1n) is 7.60. The number of hydrogen-bond donors (Lipinski definition) is 2. The molecular weight excluding hydrogens is 310 g/mol. The van der Waals surface area contributed by atoms with Crippen molar-refractivity contribution in [1.29, 1.82) is 0 Å². The van der Waals surface area contributed by atoms with E-state index in [4.69, 9.17) is 0 Å². The maximum atomic E-state index is 11.9. The molecule has 2 rings (SSSR count). The molecule has 0 bridgehead atoms. The van der Waals surface area contributed by atoms with E-state index in [2.05, 4.69) is 5.32 Å². The zero-order valence-corrected chi connectivity index (χ0v) is 13.9. The second-order valence-electron chi connectivity index (χ2n) is 5.66. The minimum Gasteiger partial charge on any atom is -0.481 e. The van der Waals surface area contributed by atoms with Gasteiger partial charge >= 0.3 is 5.97 Å². The first-order chi connectivity index (χ1) is 11.0. The number of thiophene rings is 1. The number of carboxylic acid groups (broad SMARTS) is 1. The van der Waals surface area contributed by atoms with Crippen molar-refractivity contribution in [3.63, 3.8) is 0 Å². The van der Waals surface area contributed by atoms with Crippen molar-refractivity contribution in [1.82, 2.24) is 5.32 Å². The lowest BCUT2D eigenvalue weighted by Gasteiger charge is -2.14. The number of carbonyl (C=O) groups is 2. The second kappa shape index (κ2) is 8.48. The summed E-state index contributed by atoms with van der Waals surface area (Å²) in [7, 11) is 0. The van der Waals surface area contributed by atoms with Gasteiger partial charge in [0.1, 0.15) is 0 Å². The van der Waals surface area contributed by atoms with Gasteiger partial charge in [0.2, 0.25) is 5.91 Å². The van der Waals surface area contributed by atoms with E-state index in [0.29, 0.717) is 19.3 Å². The summed E-state index contributed by atoms with van der Waals surface area (Å²) in [5.41, 5.74) is 3.22. The number of benzene rings is 1. The van der Waals surface area contributed by atoms with Crippen LogP contribution in [0.15, 0.2) is 41.1 Å². The highest BCUT2D eigenvalue weighted by Gasteiger charge is 2.19. The number of nitrogens with one attached hydrogen (secondary N) is 1. The summed E-state index contributed by atoms with van der Waals surface area (Å²) in [5, 5.41) is 16.1. The second-order valence-corrected chi connectivity index (χ2v) is 6.44. The summed E-state index contributed by atoms with van der Waals surface area (Å²) in [6.07, 6.45) is 1.49. The van der Waals surface area contributed by atoms with Crippen LogP contribution in [-0.2, 0) is 22.4 Å². The molecule has 0 aliphatic carbocycles. The maximum Gasteiger partial charge on any atom is 0.308 e.